The Morgan fingerprint density at radius 2 is 1.91 bits per heavy atom. The first-order valence-electron chi connectivity index (χ1n) is 3.69. The van der Waals surface area contributed by atoms with E-state index in [9.17, 15) is 0 Å². The number of hydrogen-bond acceptors (Lipinski definition) is 5. The molecule has 68 valence electrons. The number of ether oxygens (including phenoxy) is 1. The smallest absolute Gasteiger partial charge is 0.0601 e. The van der Waals surface area contributed by atoms with Gasteiger partial charge in [-0.1, -0.05) is 0 Å². The molecule has 3 N–H and O–H groups in total. The topological polar surface area (TPSA) is 45.3 Å². The Kier molecular flexibility index (Phi) is 10.4. The van der Waals surface area contributed by atoms with E-state index in [4.69, 9.17) is 4.74 Å². The van der Waals surface area contributed by atoms with Gasteiger partial charge in [0, 0.05) is 25.2 Å². The molecule has 0 aliphatic carbocycles. The Labute approximate surface area is 72.7 Å². The van der Waals surface area contributed by atoms with E-state index >= 15 is 0 Å². The highest BCUT2D eigenvalue weighted by Crippen LogP contribution is 1.79. The van der Waals surface area contributed by atoms with Crippen LogP contribution in [-0.2, 0) is 4.74 Å². The lowest BCUT2D eigenvalue weighted by Crippen LogP contribution is -2.19. The van der Waals surface area contributed by atoms with Gasteiger partial charge in [0.2, 0.25) is 0 Å². The molecule has 0 radical (unpaired) electrons. The molecule has 0 aliphatic heterocycles. The van der Waals surface area contributed by atoms with Gasteiger partial charge in [0.05, 0.1) is 13.2 Å². The summed E-state index contributed by atoms with van der Waals surface area (Å²) in [7, 11) is 3.79. The van der Waals surface area contributed by atoms with E-state index in [1.165, 1.54) is 12.1 Å². The van der Waals surface area contributed by atoms with Crippen LogP contribution in [0.15, 0.2) is 0 Å². The Bertz CT molecular complexity index is 66.8. The number of likely N-dealkylation sites (N-methyl/N-ethyl adjacent to an activating group) is 1. The van der Waals surface area contributed by atoms with Crippen molar-refractivity contribution >= 4 is 12.1 Å². The van der Waals surface area contributed by atoms with Gasteiger partial charge in [0.1, 0.15) is 0 Å². The van der Waals surface area contributed by atoms with Crippen LogP contribution in [0.4, 0.5) is 0 Å². The predicted molar refractivity (Wildman–Crippen MR) is 49.4 cm³/mol. The average molecular weight is 179 g/mol. The largest absolute Gasteiger partial charge is 0.379 e. The van der Waals surface area contributed by atoms with E-state index in [1.807, 2.05) is 14.1 Å². The highest BCUT2D eigenvalue weighted by atomic mass is 32.2. The van der Waals surface area contributed by atoms with Gasteiger partial charge in [-0.3, -0.25) is 4.72 Å². The zero-order chi connectivity index (χ0) is 8.36. The summed E-state index contributed by atoms with van der Waals surface area (Å²) in [5.41, 5.74) is 0. The third-order valence-electron chi connectivity index (χ3n) is 1.02. The third-order valence-corrected chi connectivity index (χ3v) is 1.57. The molecule has 0 aromatic rings. The quantitative estimate of drug-likeness (QED) is 0.349. The average Bonchev–Trinajstić information content (AvgIpc) is 2.03. The maximum Gasteiger partial charge on any atom is 0.0601 e. The van der Waals surface area contributed by atoms with Crippen LogP contribution < -0.4 is 14.8 Å². The summed E-state index contributed by atoms with van der Waals surface area (Å²) in [5, 5.41) is 3.01. The molecule has 11 heavy (non-hydrogen) atoms. The van der Waals surface area contributed by atoms with Gasteiger partial charge in [-0.15, -0.1) is 0 Å². The minimum Gasteiger partial charge on any atom is -0.379 e. The molecule has 0 rings (SSSR count). The van der Waals surface area contributed by atoms with Crippen molar-refractivity contribution in [3.05, 3.63) is 0 Å². The van der Waals surface area contributed by atoms with Crippen molar-refractivity contribution in [1.82, 2.24) is 14.8 Å². The lowest BCUT2D eigenvalue weighted by atomic mass is 10.7. The molecule has 0 saturated heterocycles. The van der Waals surface area contributed by atoms with Gasteiger partial charge in [-0.2, -0.15) is 0 Å². The predicted octanol–water partition coefficient (Wildman–Crippen LogP) is -0.405. The Morgan fingerprint density at radius 3 is 2.55 bits per heavy atom. The fourth-order valence-corrected chi connectivity index (χ4v) is 0.843. The van der Waals surface area contributed by atoms with Crippen LogP contribution in [-0.4, -0.2) is 40.4 Å². The highest BCUT2D eigenvalue weighted by Gasteiger charge is 1.86. The minimum atomic E-state index is 0.760. The summed E-state index contributed by atoms with van der Waals surface area (Å²) >= 11 is 1.48. The fraction of sp³-hybridized carbons (Fsp3) is 1.00. The molecule has 0 aliphatic rings. The molecule has 0 aromatic carbocycles. The van der Waals surface area contributed by atoms with Crippen LogP contribution in [0.1, 0.15) is 0 Å². The van der Waals surface area contributed by atoms with E-state index < -0.39 is 0 Å². The van der Waals surface area contributed by atoms with Gasteiger partial charge >= 0.3 is 0 Å². The maximum atomic E-state index is 5.25. The molecule has 4 nitrogen and oxygen atoms in total. The van der Waals surface area contributed by atoms with Crippen molar-refractivity contribution in [3.63, 3.8) is 0 Å². The lowest BCUT2D eigenvalue weighted by molar-refractivity contribution is 0.143. The summed E-state index contributed by atoms with van der Waals surface area (Å²) in [5.74, 6) is 0. The summed E-state index contributed by atoms with van der Waals surface area (Å²) in [6.07, 6.45) is 0. The number of hydrogen-bond donors (Lipinski definition) is 3. The molecule has 0 fully saturated rings. The van der Waals surface area contributed by atoms with Gasteiger partial charge < -0.3 is 10.1 Å². The lowest BCUT2D eigenvalue weighted by Gasteiger charge is -2.03. The highest BCUT2D eigenvalue weighted by molar-refractivity contribution is 7.95. The van der Waals surface area contributed by atoms with Crippen molar-refractivity contribution in [2.75, 3.05) is 40.4 Å². The zero-order valence-corrected chi connectivity index (χ0v) is 7.96. The second-order valence-electron chi connectivity index (χ2n) is 1.92. The van der Waals surface area contributed by atoms with Crippen LogP contribution in [0.3, 0.4) is 0 Å². The summed E-state index contributed by atoms with van der Waals surface area (Å²) < 4.78 is 11.2. The van der Waals surface area contributed by atoms with Crippen molar-refractivity contribution in [1.29, 1.82) is 0 Å². The fourth-order valence-electron chi connectivity index (χ4n) is 0.513. The maximum absolute atomic E-state index is 5.25. The van der Waals surface area contributed by atoms with Crippen LogP contribution in [0.2, 0.25) is 0 Å². The van der Waals surface area contributed by atoms with Gasteiger partial charge in [-0.05, 0) is 14.1 Å². The Morgan fingerprint density at radius 1 is 1.18 bits per heavy atom. The van der Waals surface area contributed by atoms with Crippen LogP contribution in [0, 0.1) is 0 Å². The van der Waals surface area contributed by atoms with Crippen molar-refractivity contribution < 1.29 is 4.74 Å². The molecule has 0 heterocycles. The van der Waals surface area contributed by atoms with Crippen molar-refractivity contribution in [2.24, 2.45) is 0 Å². The molecule has 0 spiro atoms. The molecule has 0 saturated carbocycles. The zero-order valence-electron chi connectivity index (χ0n) is 7.14. The summed E-state index contributed by atoms with van der Waals surface area (Å²) in [6, 6.07) is 0. The van der Waals surface area contributed by atoms with Crippen LogP contribution in [0.25, 0.3) is 0 Å². The first-order chi connectivity index (χ1) is 5.41. The first-order valence-corrected chi connectivity index (χ1v) is 4.51. The number of nitrogens with one attached hydrogen (secondary N) is 3. The standard InChI is InChI=1S/C6H17N3OS/c1-7-3-5-10-6-4-9-11-8-2/h7-9H,3-6H2,1-2H3. The van der Waals surface area contributed by atoms with Crippen molar-refractivity contribution in [2.45, 2.75) is 0 Å². The molecule has 0 bridgehead atoms. The van der Waals surface area contributed by atoms with Gasteiger partial charge in [0.15, 0.2) is 0 Å². The Balaban J connectivity index is 2.69. The van der Waals surface area contributed by atoms with E-state index in [2.05, 4.69) is 14.8 Å². The van der Waals surface area contributed by atoms with Gasteiger partial charge in [0.25, 0.3) is 0 Å². The molecule has 0 aromatic heterocycles. The van der Waals surface area contributed by atoms with Gasteiger partial charge in [-0.25, -0.2) is 4.72 Å². The van der Waals surface area contributed by atoms with E-state index in [-0.39, 0.29) is 0 Å². The second-order valence-corrected chi connectivity index (χ2v) is 2.82. The molecular formula is C6H17N3OS. The minimum absolute atomic E-state index is 0.760. The summed E-state index contributed by atoms with van der Waals surface area (Å²) in [4.78, 5) is 0. The van der Waals surface area contributed by atoms with E-state index in [1.54, 1.807) is 0 Å². The van der Waals surface area contributed by atoms with Crippen molar-refractivity contribution in [3.8, 4) is 0 Å². The van der Waals surface area contributed by atoms with Crippen LogP contribution >= 0.6 is 12.1 Å². The van der Waals surface area contributed by atoms with Crippen LogP contribution in [0.5, 0.6) is 0 Å². The SMILES string of the molecule is CNCCOCCNSNC. The molecular weight excluding hydrogens is 162 g/mol. The van der Waals surface area contributed by atoms with E-state index in [0.29, 0.717) is 0 Å². The molecule has 0 amide bonds. The number of rotatable bonds is 8. The normalized spacial score (nSPS) is 10.4. The Hall–Kier alpha value is 0.190. The first kappa shape index (κ1) is 11.2. The molecule has 5 heteroatoms. The monoisotopic (exact) mass is 179 g/mol. The van der Waals surface area contributed by atoms with E-state index in [0.717, 1.165) is 26.3 Å². The second kappa shape index (κ2) is 10.2. The molecule has 0 atom stereocenters. The third kappa shape index (κ3) is 10.2. The molecule has 0 unspecified atom stereocenters. The summed E-state index contributed by atoms with van der Waals surface area (Å²) in [6.45, 7) is 3.33.